The summed E-state index contributed by atoms with van der Waals surface area (Å²) in [4.78, 5) is 0. The van der Waals surface area contributed by atoms with Gasteiger partial charge >= 0.3 is 0 Å². The standard InChI is InChI=1S/C13H22N2O2/c1-10-12(11(2)17-15-10)8-14-9-13(3)4-6-16-7-5-13/h14H,4-9H2,1-3H3. The molecule has 1 aliphatic rings. The van der Waals surface area contributed by atoms with Crippen molar-refractivity contribution in [1.29, 1.82) is 0 Å². The zero-order valence-corrected chi connectivity index (χ0v) is 11.0. The Morgan fingerprint density at radius 2 is 2.00 bits per heavy atom. The van der Waals surface area contributed by atoms with Crippen LogP contribution in [0.5, 0.6) is 0 Å². The lowest BCUT2D eigenvalue weighted by Crippen LogP contribution is -2.36. The van der Waals surface area contributed by atoms with Crippen molar-refractivity contribution in [2.24, 2.45) is 5.41 Å². The number of hydrogen-bond acceptors (Lipinski definition) is 4. The molecule has 0 radical (unpaired) electrons. The molecular formula is C13H22N2O2. The Balaban J connectivity index is 1.83. The molecule has 1 N–H and O–H groups in total. The van der Waals surface area contributed by atoms with Crippen molar-refractivity contribution in [3.63, 3.8) is 0 Å². The molecule has 1 aromatic rings. The molecule has 4 nitrogen and oxygen atoms in total. The first kappa shape index (κ1) is 12.6. The number of ether oxygens (including phenoxy) is 1. The lowest BCUT2D eigenvalue weighted by Gasteiger charge is -2.33. The molecule has 0 bridgehead atoms. The minimum Gasteiger partial charge on any atom is -0.381 e. The molecule has 0 unspecified atom stereocenters. The molecule has 17 heavy (non-hydrogen) atoms. The highest BCUT2D eigenvalue weighted by Gasteiger charge is 2.26. The van der Waals surface area contributed by atoms with Gasteiger partial charge in [0.1, 0.15) is 5.76 Å². The normalized spacial score (nSPS) is 19.5. The van der Waals surface area contributed by atoms with Crippen LogP contribution < -0.4 is 5.32 Å². The van der Waals surface area contributed by atoms with Gasteiger partial charge in [-0.05, 0) is 32.1 Å². The third-order valence-electron chi connectivity index (χ3n) is 3.73. The summed E-state index contributed by atoms with van der Waals surface area (Å²) in [5.41, 5.74) is 2.56. The van der Waals surface area contributed by atoms with Crippen LogP contribution in [0.3, 0.4) is 0 Å². The zero-order chi connectivity index (χ0) is 12.3. The summed E-state index contributed by atoms with van der Waals surface area (Å²) in [6.07, 6.45) is 2.28. The number of aryl methyl sites for hydroxylation is 2. The molecule has 0 amide bonds. The molecule has 2 rings (SSSR count). The number of aromatic nitrogens is 1. The molecule has 1 aromatic heterocycles. The van der Waals surface area contributed by atoms with Crippen molar-refractivity contribution in [2.75, 3.05) is 19.8 Å². The van der Waals surface area contributed by atoms with Gasteiger partial charge in [0.05, 0.1) is 5.69 Å². The van der Waals surface area contributed by atoms with Crippen LogP contribution in [0.15, 0.2) is 4.52 Å². The molecule has 1 saturated heterocycles. The second-order valence-corrected chi connectivity index (χ2v) is 5.33. The molecule has 2 heterocycles. The van der Waals surface area contributed by atoms with E-state index in [1.165, 1.54) is 5.56 Å². The number of rotatable bonds is 4. The maximum Gasteiger partial charge on any atom is 0.138 e. The quantitative estimate of drug-likeness (QED) is 0.873. The van der Waals surface area contributed by atoms with Crippen LogP contribution in [0.4, 0.5) is 0 Å². The van der Waals surface area contributed by atoms with E-state index < -0.39 is 0 Å². The summed E-state index contributed by atoms with van der Waals surface area (Å²) >= 11 is 0. The average molecular weight is 238 g/mol. The minimum atomic E-state index is 0.372. The molecule has 1 aliphatic heterocycles. The van der Waals surface area contributed by atoms with Gasteiger partial charge < -0.3 is 14.6 Å². The fourth-order valence-corrected chi connectivity index (χ4v) is 2.28. The van der Waals surface area contributed by atoms with Crippen LogP contribution in [0.1, 0.15) is 36.8 Å². The maximum absolute atomic E-state index is 5.40. The average Bonchev–Trinajstić information content (AvgIpc) is 2.61. The Morgan fingerprint density at radius 3 is 2.59 bits per heavy atom. The van der Waals surface area contributed by atoms with Gasteiger partial charge in [0, 0.05) is 31.9 Å². The van der Waals surface area contributed by atoms with Gasteiger partial charge in [-0.3, -0.25) is 0 Å². The first-order valence-electron chi connectivity index (χ1n) is 6.31. The van der Waals surface area contributed by atoms with Gasteiger partial charge in [-0.15, -0.1) is 0 Å². The Kier molecular flexibility index (Phi) is 3.84. The topological polar surface area (TPSA) is 47.3 Å². The fourth-order valence-electron chi connectivity index (χ4n) is 2.28. The minimum absolute atomic E-state index is 0.372. The Bertz CT molecular complexity index is 348. The maximum atomic E-state index is 5.40. The molecular weight excluding hydrogens is 216 g/mol. The van der Waals surface area contributed by atoms with Gasteiger partial charge in [0.25, 0.3) is 0 Å². The van der Waals surface area contributed by atoms with Crippen LogP contribution in [-0.4, -0.2) is 24.9 Å². The summed E-state index contributed by atoms with van der Waals surface area (Å²) in [5.74, 6) is 0.923. The van der Waals surface area contributed by atoms with Gasteiger partial charge in [-0.2, -0.15) is 0 Å². The SMILES string of the molecule is Cc1noc(C)c1CNCC1(C)CCOCC1. The van der Waals surface area contributed by atoms with Crippen molar-refractivity contribution >= 4 is 0 Å². The van der Waals surface area contributed by atoms with Crippen LogP contribution in [-0.2, 0) is 11.3 Å². The fraction of sp³-hybridized carbons (Fsp3) is 0.769. The van der Waals surface area contributed by atoms with E-state index in [0.29, 0.717) is 5.41 Å². The van der Waals surface area contributed by atoms with Crippen molar-refractivity contribution in [3.8, 4) is 0 Å². The van der Waals surface area contributed by atoms with Crippen molar-refractivity contribution < 1.29 is 9.26 Å². The molecule has 0 aliphatic carbocycles. The van der Waals surface area contributed by atoms with Crippen molar-refractivity contribution in [1.82, 2.24) is 10.5 Å². The van der Waals surface area contributed by atoms with E-state index in [9.17, 15) is 0 Å². The predicted octanol–water partition coefficient (Wildman–Crippen LogP) is 2.20. The van der Waals surface area contributed by atoms with Gasteiger partial charge in [0.2, 0.25) is 0 Å². The van der Waals surface area contributed by atoms with Crippen LogP contribution in [0.2, 0.25) is 0 Å². The van der Waals surface area contributed by atoms with Gasteiger partial charge in [-0.1, -0.05) is 12.1 Å². The molecule has 0 spiro atoms. The molecule has 4 heteroatoms. The molecule has 1 fully saturated rings. The highest BCUT2D eigenvalue weighted by molar-refractivity contribution is 5.20. The largest absolute Gasteiger partial charge is 0.381 e. The molecule has 0 aromatic carbocycles. The van der Waals surface area contributed by atoms with E-state index in [4.69, 9.17) is 9.26 Å². The molecule has 96 valence electrons. The Hall–Kier alpha value is -0.870. The monoisotopic (exact) mass is 238 g/mol. The lowest BCUT2D eigenvalue weighted by atomic mass is 9.82. The predicted molar refractivity (Wildman–Crippen MR) is 65.8 cm³/mol. The van der Waals surface area contributed by atoms with E-state index >= 15 is 0 Å². The summed E-state index contributed by atoms with van der Waals surface area (Å²) in [6, 6.07) is 0. The third-order valence-corrected chi connectivity index (χ3v) is 3.73. The summed E-state index contributed by atoms with van der Waals surface area (Å²) in [5, 5.41) is 7.49. The summed E-state index contributed by atoms with van der Waals surface area (Å²) in [6.45, 7) is 9.94. The van der Waals surface area contributed by atoms with Crippen LogP contribution in [0, 0.1) is 19.3 Å². The van der Waals surface area contributed by atoms with E-state index in [0.717, 1.165) is 50.6 Å². The zero-order valence-electron chi connectivity index (χ0n) is 11.0. The van der Waals surface area contributed by atoms with Gasteiger partial charge in [0.15, 0.2) is 0 Å². The second-order valence-electron chi connectivity index (χ2n) is 5.33. The van der Waals surface area contributed by atoms with Crippen LogP contribution >= 0.6 is 0 Å². The van der Waals surface area contributed by atoms with Gasteiger partial charge in [-0.25, -0.2) is 0 Å². The highest BCUT2D eigenvalue weighted by atomic mass is 16.5. The first-order valence-corrected chi connectivity index (χ1v) is 6.31. The highest BCUT2D eigenvalue weighted by Crippen LogP contribution is 2.28. The lowest BCUT2D eigenvalue weighted by molar-refractivity contribution is 0.0240. The summed E-state index contributed by atoms with van der Waals surface area (Å²) < 4.78 is 10.6. The number of hydrogen-bond donors (Lipinski definition) is 1. The Morgan fingerprint density at radius 1 is 1.29 bits per heavy atom. The van der Waals surface area contributed by atoms with E-state index in [1.54, 1.807) is 0 Å². The smallest absolute Gasteiger partial charge is 0.138 e. The third kappa shape index (κ3) is 3.07. The van der Waals surface area contributed by atoms with Crippen LogP contribution in [0.25, 0.3) is 0 Å². The first-order chi connectivity index (χ1) is 8.11. The number of nitrogens with one attached hydrogen (secondary N) is 1. The number of nitrogens with zero attached hydrogens (tertiary/aromatic N) is 1. The van der Waals surface area contributed by atoms with Crippen molar-refractivity contribution in [2.45, 2.75) is 40.2 Å². The van der Waals surface area contributed by atoms with E-state index in [-0.39, 0.29) is 0 Å². The van der Waals surface area contributed by atoms with E-state index in [1.807, 2.05) is 13.8 Å². The second kappa shape index (κ2) is 5.19. The van der Waals surface area contributed by atoms with E-state index in [2.05, 4.69) is 17.4 Å². The molecule has 0 atom stereocenters. The van der Waals surface area contributed by atoms with Crippen molar-refractivity contribution in [3.05, 3.63) is 17.0 Å². The summed E-state index contributed by atoms with van der Waals surface area (Å²) in [7, 11) is 0. The Labute approximate surface area is 103 Å². The molecule has 0 saturated carbocycles.